The first-order valence-electron chi connectivity index (χ1n) is 12.7. The maximum atomic E-state index is 13.5. The second-order valence-electron chi connectivity index (χ2n) is 10.6. The van der Waals surface area contributed by atoms with Crippen LogP contribution < -0.4 is 4.90 Å². The van der Waals surface area contributed by atoms with Gasteiger partial charge in [0.2, 0.25) is 0 Å². The van der Waals surface area contributed by atoms with E-state index in [1.807, 2.05) is 53.2 Å². The number of furan rings is 1. The quantitative estimate of drug-likeness (QED) is 0.287. The summed E-state index contributed by atoms with van der Waals surface area (Å²) < 4.78 is 5.99. The van der Waals surface area contributed by atoms with Crippen molar-refractivity contribution in [3.63, 3.8) is 0 Å². The average molecular weight is 553 g/mol. The summed E-state index contributed by atoms with van der Waals surface area (Å²) in [6, 6.07) is 13.5. The molecule has 10 heteroatoms. The van der Waals surface area contributed by atoms with Gasteiger partial charge in [-0.1, -0.05) is 45.0 Å². The fourth-order valence-electron chi connectivity index (χ4n) is 4.89. The summed E-state index contributed by atoms with van der Waals surface area (Å²) in [6.07, 6.45) is -0.109. The topological polar surface area (TPSA) is 90.1 Å². The zero-order chi connectivity index (χ0) is 26.9. The number of carbonyl (C=O) groups excluding carboxylic acids is 1. The van der Waals surface area contributed by atoms with Crippen molar-refractivity contribution in [2.75, 3.05) is 37.6 Å². The third kappa shape index (κ3) is 5.62. The van der Waals surface area contributed by atoms with E-state index < -0.39 is 6.09 Å². The summed E-state index contributed by atoms with van der Waals surface area (Å²) >= 11 is 2.86. The Bertz CT molecular complexity index is 1370. The maximum Gasteiger partial charge on any atom is 0.407 e. The van der Waals surface area contributed by atoms with E-state index >= 15 is 0 Å². The number of thiazole rings is 1. The van der Waals surface area contributed by atoms with Crippen LogP contribution in [-0.4, -0.2) is 70.7 Å². The van der Waals surface area contributed by atoms with Gasteiger partial charge in [-0.3, -0.25) is 14.6 Å². The molecule has 38 heavy (non-hydrogen) atoms. The Hall–Kier alpha value is -3.21. The van der Waals surface area contributed by atoms with E-state index in [0.717, 1.165) is 23.9 Å². The molecule has 0 bridgehead atoms. The van der Waals surface area contributed by atoms with E-state index in [9.17, 15) is 14.7 Å². The number of rotatable bonds is 7. The number of aromatic nitrogens is 1. The zero-order valence-electron chi connectivity index (χ0n) is 21.8. The van der Waals surface area contributed by atoms with E-state index in [-0.39, 0.29) is 17.4 Å². The van der Waals surface area contributed by atoms with E-state index in [0.29, 0.717) is 47.6 Å². The van der Waals surface area contributed by atoms with E-state index in [1.54, 1.807) is 9.80 Å². The molecule has 1 aromatic carbocycles. The number of fused-ring (bicyclic) bond motifs is 1. The molecular formula is C28H32N4O4S2. The van der Waals surface area contributed by atoms with Crippen LogP contribution in [0.15, 0.2) is 57.6 Å². The molecule has 1 saturated heterocycles. The SMILES string of the molecule is CC(C)(C)C1CN(CCCN(C(=O)c2cccs2)c2nc(-c3cc4ccccc4o3)cs2)CCN1C(=O)O. The van der Waals surface area contributed by atoms with Crippen molar-refractivity contribution in [2.45, 2.75) is 33.2 Å². The summed E-state index contributed by atoms with van der Waals surface area (Å²) in [5.74, 6) is 0.621. The largest absolute Gasteiger partial charge is 0.465 e. The minimum absolute atomic E-state index is 0.0613. The molecule has 1 atom stereocenters. The number of carbonyl (C=O) groups is 2. The molecule has 2 amide bonds. The molecule has 4 aromatic rings. The van der Waals surface area contributed by atoms with Gasteiger partial charge in [0.1, 0.15) is 11.3 Å². The lowest BCUT2D eigenvalue weighted by Gasteiger charge is -2.46. The number of amides is 2. The standard InChI is InChI=1S/C28H32N4O4S2/c1-28(2,3)24-17-30(13-14-31(24)27(34)35)11-7-12-32(25(33)23-10-6-15-37-23)26-29-20(18-38-26)22-16-19-8-4-5-9-21(19)36-22/h4-6,8-10,15-16,18,24H,7,11-14,17H2,1-3H3,(H,34,35). The normalized spacial score (nSPS) is 16.7. The van der Waals surface area contributed by atoms with Crippen LogP contribution in [0.25, 0.3) is 22.4 Å². The van der Waals surface area contributed by atoms with Gasteiger partial charge in [-0.2, -0.15) is 0 Å². The highest BCUT2D eigenvalue weighted by molar-refractivity contribution is 7.14. The minimum atomic E-state index is -0.860. The van der Waals surface area contributed by atoms with Gasteiger partial charge in [-0.05, 0) is 42.0 Å². The summed E-state index contributed by atoms with van der Waals surface area (Å²) in [5.41, 5.74) is 1.36. The first-order valence-corrected chi connectivity index (χ1v) is 14.5. The van der Waals surface area contributed by atoms with Crippen LogP contribution >= 0.6 is 22.7 Å². The molecule has 0 saturated carbocycles. The van der Waals surface area contributed by atoms with Crippen LogP contribution in [0, 0.1) is 5.41 Å². The number of carboxylic acid groups (broad SMARTS) is 1. The van der Waals surface area contributed by atoms with E-state index in [2.05, 4.69) is 25.7 Å². The van der Waals surface area contributed by atoms with Crippen molar-refractivity contribution < 1.29 is 19.1 Å². The summed E-state index contributed by atoms with van der Waals surface area (Å²) in [7, 11) is 0. The summed E-state index contributed by atoms with van der Waals surface area (Å²) in [6.45, 7) is 9.40. The number of para-hydroxylation sites is 1. The van der Waals surface area contributed by atoms with Gasteiger partial charge in [0.05, 0.1) is 10.9 Å². The van der Waals surface area contributed by atoms with Crippen molar-refractivity contribution in [2.24, 2.45) is 5.41 Å². The molecule has 1 unspecified atom stereocenters. The van der Waals surface area contributed by atoms with E-state index in [4.69, 9.17) is 9.40 Å². The number of piperazine rings is 1. The monoisotopic (exact) mass is 552 g/mol. The van der Waals surface area contributed by atoms with E-state index in [1.165, 1.54) is 22.7 Å². The predicted molar refractivity (Wildman–Crippen MR) is 152 cm³/mol. The molecule has 0 radical (unpaired) electrons. The second-order valence-corrected chi connectivity index (χ2v) is 12.4. The molecule has 5 rings (SSSR count). The summed E-state index contributed by atoms with van der Waals surface area (Å²) in [5, 5.41) is 15.2. The molecule has 1 N–H and O–H groups in total. The molecule has 0 aliphatic carbocycles. The lowest BCUT2D eigenvalue weighted by atomic mass is 9.84. The molecule has 200 valence electrons. The van der Waals surface area contributed by atoms with Crippen LogP contribution in [-0.2, 0) is 0 Å². The van der Waals surface area contributed by atoms with Gasteiger partial charge < -0.3 is 14.4 Å². The number of anilines is 1. The van der Waals surface area contributed by atoms with Gasteiger partial charge in [0.25, 0.3) is 5.91 Å². The van der Waals surface area contributed by atoms with Crippen LogP contribution in [0.3, 0.4) is 0 Å². The highest BCUT2D eigenvalue weighted by atomic mass is 32.1. The Labute approximate surface area is 230 Å². The van der Waals surface area contributed by atoms with Gasteiger partial charge in [-0.25, -0.2) is 9.78 Å². The number of thiophene rings is 1. The van der Waals surface area contributed by atoms with Crippen molar-refractivity contribution >= 4 is 50.8 Å². The highest BCUT2D eigenvalue weighted by Crippen LogP contribution is 2.33. The Morgan fingerprint density at radius 1 is 1.16 bits per heavy atom. The lowest BCUT2D eigenvalue weighted by Crippen LogP contribution is -2.59. The van der Waals surface area contributed by atoms with Crippen molar-refractivity contribution in [1.29, 1.82) is 0 Å². The molecule has 1 aliphatic heterocycles. The van der Waals surface area contributed by atoms with Crippen molar-refractivity contribution in [3.8, 4) is 11.5 Å². The van der Waals surface area contributed by atoms with Gasteiger partial charge in [0.15, 0.2) is 10.9 Å². The Morgan fingerprint density at radius 2 is 1.97 bits per heavy atom. The lowest BCUT2D eigenvalue weighted by molar-refractivity contribution is 0.0216. The van der Waals surface area contributed by atoms with Crippen molar-refractivity contribution in [3.05, 3.63) is 58.1 Å². The summed E-state index contributed by atoms with van der Waals surface area (Å²) in [4.78, 5) is 36.4. The molecule has 1 fully saturated rings. The number of hydrogen-bond donors (Lipinski definition) is 1. The van der Waals surface area contributed by atoms with Crippen LogP contribution in [0.4, 0.5) is 9.93 Å². The number of nitrogens with zero attached hydrogens (tertiary/aromatic N) is 4. The van der Waals surface area contributed by atoms with Crippen LogP contribution in [0.2, 0.25) is 0 Å². The fourth-order valence-corrected chi connectivity index (χ4v) is 6.40. The Morgan fingerprint density at radius 3 is 2.68 bits per heavy atom. The molecule has 8 nitrogen and oxygen atoms in total. The molecular weight excluding hydrogens is 520 g/mol. The van der Waals surface area contributed by atoms with Gasteiger partial charge >= 0.3 is 6.09 Å². The van der Waals surface area contributed by atoms with Crippen molar-refractivity contribution in [1.82, 2.24) is 14.8 Å². The Kier molecular flexibility index (Phi) is 7.56. The van der Waals surface area contributed by atoms with Crippen LogP contribution in [0.1, 0.15) is 36.9 Å². The molecule has 4 heterocycles. The predicted octanol–water partition coefficient (Wildman–Crippen LogP) is 6.37. The fraction of sp³-hybridized carbons (Fsp3) is 0.393. The molecule has 3 aromatic heterocycles. The third-order valence-electron chi connectivity index (χ3n) is 6.94. The minimum Gasteiger partial charge on any atom is -0.465 e. The first kappa shape index (κ1) is 26.4. The molecule has 1 aliphatic rings. The first-order chi connectivity index (χ1) is 18.2. The third-order valence-corrected chi connectivity index (χ3v) is 8.67. The van der Waals surface area contributed by atoms with Gasteiger partial charge in [-0.15, -0.1) is 22.7 Å². The number of hydrogen-bond acceptors (Lipinski definition) is 7. The van der Waals surface area contributed by atoms with Crippen LogP contribution in [0.5, 0.6) is 0 Å². The molecule has 0 spiro atoms. The number of benzene rings is 1. The average Bonchev–Trinajstić information content (AvgIpc) is 3.66. The maximum absolute atomic E-state index is 13.5. The smallest absolute Gasteiger partial charge is 0.407 e. The second kappa shape index (κ2) is 10.9. The zero-order valence-corrected chi connectivity index (χ0v) is 23.4. The van der Waals surface area contributed by atoms with Gasteiger partial charge in [0, 0.05) is 36.9 Å². The Balaban J connectivity index is 1.30. The highest BCUT2D eigenvalue weighted by Gasteiger charge is 2.37.